The molecule has 0 unspecified atom stereocenters. The number of piperidine rings is 1. The number of Topliss-reactive ketones (excluding diaryl/α,β-unsaturated/α-hetero) is 1. The summed E-state index contributed by atoms with van der Waals surface area (Å²) >= 11 is 0. The van der Waals surface area contributed by atoms with Gasteiger partial charge in [0.15, 0.2) is 18.1 Å². The molecule has 0 saturated carbocycles. The standard InChI is InChI=1S/C35H43NO12/c1-7-30(39)47-21-35(2,3)32(40)33(41)36-16-9-8-13-25(36)34(42)48-26(23-11-10-12-24(19-23)46-20-29(37)38)15-14-22-17-27(43-4)31(45-6)28(18-22)44-5/h7,10-12,17-19,25-26H,1,8-9,13-16,20-21H2,2-6H3,(H,37,38)/t25-,26+/m0/s1. The number of nitrogens with zero attached hydrogens (tertiary/aromatic N) is 1. The van der Waals surface area contributed by atoms with Crippen LogP contribution in [0.25, 0.3) is 0 Å². The lowest BCUT2D eigenvalue weighted by atomic mass is 9.87. The van der Waals surface area contributed by atoms with Crippen LogP contribution in [-0.2, 0) is 39.9 Å². The van der Waals surface area contributed by atoms with E-state index in [2.05, 4.69) is 6.58 Å². The highest BCUT2D eigenvalue weighted by atomic mass is 16.6. The molecule has 2 aromatic rings. The second kappa shape index (κ2) is 17.2. The van der Waals surface area contributed by atoms with Crippen LogP contribution in [0.5, 0.6) is 23.0 Å². The average Bonchev–Trinajstić information content (AvgIpc) is 3.10. The average molecular weight is 670 g/mol. The summed E-state index contributed by atoms with van der Waals surface area (Å²) in [6.45, 7) is 5.57. The van der Waals surface area contributed by atoms with E-state index in [1.165, 1.54) is 40.1 Å². The van der Waals surface area contributed by atoms with Crippen molar-refractivity contribution in [2.45, 2.75) is 58.1 Å². The number of aliphatic carboxylic acids is 1. The SMILES string of the molecule is C=CC(=O)OCC(C)(C)C(=O)C(=O)N1CCCC[C@H]1C(=O)O[C@H](CCc1cc(OC)c(OC)c(OC)c1)c1cccc(OCC(=O)O)c1. The van der Waals surface area contributed by atoms with E-state index in [1.807, 2.05) is 0 Å². The number of ether oxygens (including phenoxy) is 6. The molecule has 48 heavy (non-hydrogen) atoms. The number of aryl methyl sites for hydroxylation is 1. The van der Waals surface area contributed by atoms with Crippen molar-refractivity contribution in [3.63, 3.8) is 0 Å². The zero-order valence-electron chi connectivity index (χ0n) is 27.9. The number of benzene rings is 2. The number of likely N-dealkylation sites (tertiary alicyclic amines) is 1. The second-order valence-corrected chi connectivity index (χ2v) is 11.8. The molecule has 1 amide bonds. The Balaban J connectivity index is 1.89. The van der Waals surface area contributed by atoms with Crippen molar-refractivity contribution in [2.75, 3.05) is 41.1 Å². The molecule has 1 heterocycles. The van der Waals surface area contributed by atoms with Gasteiger partial charge in [-0.1, -0.05) is 18.7 Å². The van der Waals surface area contributed by atoms with Crippen molar-refractivity contribution in [3.8, 4) is 23.0 Å². The maximum Gasteiger partial charge on any atom is 0.341 e. The van der Waals surface area contributed by atoms with E-state index in [0.717, 1.165) is 11.6 Å². The largest absolute Gasteiger partial charge is 0.493 e. The Morgan fingerprint density at radius 3 is 2.31 bits per heavy atom. The van der Waals surface area contributed by atoms with Crippen LogP contribution in [0.4, 0.5) is 0 Å². The van der Waals surface area contributed by atoms with Gasteiger partial charge in [0.05, 0.1) is 26.7 Å². The van der Waals surface area contributed by atoms with Gasteiger partial charge in [-0.3, -0.25) is 9.59 Å². The first kappa shape index (κ1) is 37.4. The molecule has 0 spiro atoms. The smallest absolute Gasteiger partial charge is 0.341 e. The molecule has 1 saturated heterocycles. The predicted octanol–water partition coefficient (Wildman–Crippen LogP) is 4.10. The van der Waals surface area contributed by atoms with Crippen LogP contribution in [0.3, 0.4) is 0 Å². The fourth-order valence-electron chi connectivity index (χ4n) is 5.26. The van der Waals surface area contributed by atoms with Gasteiger partial charge in [0.25, 0.3) is 5.91 Å². The summed E-state index contributed by atoms with van der Waals surface area (Å²) in [5, 5.41) is 9.07. The molecule has 3 rings (SSSR count). The molecule has 0 bridgehead atoms. The molecule has 1 aliphatic rings. The predicted molar refractivity (Wildman–Crippen MR) is 172 cm³/mol. The molecular weight excluding hydrogens is 626 g/mol. The van der Waals surface area contributed by atoms with E-state index in [-0.39, 0.29) is 31.7 Å². The Hall–Kier alpha value is -5.07. The number of ketones is 1. The van der Waals surface area contributed by atoms with Crippen molar-refractivity contribution >= 4 is 29.6 Å². The van der Waals surface area contributed by atoms with Crippen molar-refractivity contribution in [1.82, 2.24) is 4.90 Å². The van der Waals surface area contributed by atoms with Crippen LogP contribution < -0.4 is 18.9 Å². The third-order valence-corrected chi connectivity index (χ3v) is 7.86. The molecule has 13 heteroatoms. The molecule has 0 radical (unpaired) electrons. The molecule has 0 aliphatic carbocycles. The Morgan fingerprint density at radius 2 is 1.71 bits per heavy atom. The normalized spacial score (nSPS) is 15.0. The molecule has 1 aliphatic heterocycles. The minimum absolute atomic E-state index is 0.168. The topological polar surface area (TPSA) is 164 Å². The van der Waals surface area contributed by atoms with Crippen LogP contribution in [0.2, 0.25) is 0 Å². The zero-order chi connectivity index (χ0) is 35.4. The number of carboxylic acid groups (broad SMARTS) is 1. The van der Waals surface area contributed by atoms with Crippen molar-refractivity contribution < 1.29 is 57.5 Å². The Bertz CT molecular complexity index is 1480. The molecule has 1 fully saturated rings. The monoisotopic (exact) mass is 669 g/mol. The fourth-order valence-corrected chi connectivity index (χ4v) is 5.26. The Morgan fingerprint density at radius 1 is 1.02 bits per heavy atom. The minimum Gasteiger partial charge on any atom is -0.493 e. The summed E-state index contributed by atoms with van der Waals surface area (Å²) in [6.07, 6.45) is 2.27. The number of carbonyl (C=O) groups excluding carboxylic acids is 4. The van der Waals surface area contributed by atoms with Gasteiger partial charge in [-0.25, -0.2) is 14.4 Å². The van der Waals surface area contributed by atoms with Crippen molar-refractivity contribution in [3.05, 3.63) is 60.2 Å². The molecule has 260 valence electrons. The quantitative estimate of drug-likeness (QED) is 0.146. The molecular formula is C35H43NO12. The van der Waals surface area contributed by atoms with Gasteiger partial charge in [-0.05, 0) is 81.3 Å². The van der Waals surface area contributed by atoms with Crippen LogP contribution in [-0.4, -0.2) is 86.7 Å². The first-order chi connectivity index (χ1) is 22.8. The lowest BCUT2D eigenvalue weighted by Crippen LogP contribution is -2.53. The Kier molecular flexibility index (Phi) is 13.4. The Labute approximate surface area is 279 Å². The number of methoxy groups -OCH3 is 3. The summed E-state index contributed by atoms with van der Waals surface area (Å²) < 4.78 is 32.9. The van der Waals surface area contributed by atoms with Gasteiger partial charge in [0.2, 0.25) is 11.5 Å². The van der Waals surface area contributed by atoms with Crippen molar-refractivity contribution in [1.29, 1.82) is 0 Å². The van der Waals surface area contributed by atoms with E-state index in [9.17, 15) is 24.0 Å². The van der Waals surface area contributed by atoms with Gasteiger partial charge in [0.1, 0.15) is 24.5 Å². The van der Waals surface area contributed by atoms with E-state index in [4.69, 9.17) is 33.5 Å². The third-order valence-electron chi connectivity index (χ3n) is 7.86. The number of amides is 1. The number of hydrogen-bond acceptors (Lipinski definition) is 11. The maximum atomic E-state index is 13.8. The fraction of sp³-hybridized carbons (Fsp3) is 0.457. The van der Waals surface area contributed by atoms with Gasteiger partial charge < -0.3 is 38.4 Å². The van der Waals surface area contributed by atoms with Gasteiger partial charge in [-0.15, -0.1) is 0 Å². The molecule has 2 aromatic carbocycles. The van der Waals surface area contributed by atoms with Crippen LogP contribution in [0.1, 0.15) is 56.8 Å². The lowest BCUT2D eigenvalue weighted by Gasteiger charge is -2.36. The third kappa shape index (κ3) is 9.72. The lowest BCUT2D eigenvalue weighted by molar-refractivity contribution is -0.165. The summed E-state index contributed by atoms with van der Waals surface area (Å²) in [6, 6.07) is 9.10. The molecule has 2 atom stereocenters. The van der Waals surface area contributed by atoms with E-state index >= 15 is 0 Å². The van der Waals surface area contributed by atoms with E-state index in [0.29, 0.717) is 42.1 Å². The first-order valence-electron chi connectivity index (χ1n) is 15.4. The number of carboxylic acids is 1. The molecule has 1 N–H and O–H groups in total. The van der Waals surface area contributed by atoms with Crippen LogP contribution in [0, 0.1) is 5.41 Å². The number of hydrogen-bond donors (Lipinski definition) is 1. The van der Waals surface area contributed by atoms with Crippen molar-refractivity contribution in [2.24, 2.45) is 5.41 Å². The van der Waals surface area contributed by atoms with E-state index in [1.54, 1.807) is 36.4 Å². The molecule has 13 nitrogen and oxygen atoms in total. The van der Waals surface area contributed by atoms with Crippen LogP contribution >= 0.6 is 0 Å². The minimum atomic E-state index is -1.35. The van der Waals surface area contributed by atoms with Gasteiger partial charge in [0, 0.05) is 12.6 Å². The summed E-state index contributed by atoms with van der Waals surface area (Å²) in [5.41, 5.74) is -0.0157. The number of esters is 2. The first-order valence-corrected chi connectivity index (χ1v) is 15.4. The second-order valence-electron chi connectivity index (χ2n) is 11.8. The van der Waals surface area contributed by atoms with Gasteiger partial charge in [-0.2, -0.15) is 0 Å². The highest BCUT2D eigenvalue weighted by molar-refractivity contribution is 6.38. The molecule has 0 aromatic heterocycles. The van der Waals surface area contributed by atoms with E-state index < -0.39 is 53.8 Å². The highest BCUT2D eigenvalue weighted by Gasteiger charge is 2.42. The van der Waals surface area contributed by atoms with Crippen LogP contribution in [0.15, 0.2) is 49.1 Å². The summed E-state index contributed by atoms with van der Waals surface area (Å²) in [7, 11) is 4.51. The van der Waals surface area contributed by atoms with Gasteiger partial charge >= 0.3 is 17.9 Å². The zero-order valence-corrected chi connectivity index (χ0v) is 27.9. The summed E-state index contributed by atoms with van der Waals surface area (Å²) in [4.78, 5) is 64.5. The highest BCUT2D eigenvalue weighted by Crippen LogP contribution is 2.39. The summed E-state index contributed by atoms with van der Waals surface area (Å²) in [5.74, 6) is -2.64. The maximum absolute atomic E-state index is 13.8. The number of carbonyl (C=O) groups is 5. The number of rotatable bonds is 17.